The molecule has 2 N–H and O–H groups in total. The van der Waals surface area contributed by atoms with E-state index in [9.17, 15) is 0 Å². The summed E-state index contributed by atoms with van der Waals surface area (Å²) < 4.78 is 5.60. The zero-order valence-electron chi connectivity index (χ0n) is 16.3. The van der Waals surface area contributed by atoms with E-state index in [0.29, 0.717) is 0 Å². The molecule has 1 unspecified atom stereocenters. The van der Waals surface area contributed by atoms with E-state index in [1.165, 1.54) is 0 Å². The van der Waals surface area contributed by atoms with Crippen molar-refractivity contribution in [2.45, 2.75) is 26.8 Å². The number of nitrogens with one attached hydrogen (secondary N) is 2. The second-order valence-corrected chi connectivity index (χ2v) is 6.85. The molecule has 3 aromatic heterocycles. The maximum absolute atomic E-state index is 5.60. The Labute approximate surface area is 163 Å². The quantitative estimate of drug-likeness (QED) is 0.544. The Morgan fingerprint density at radius 2 is 1.93 bits per heavy atom. The minimum absolute atomic E-state index is 0.00824. The fraction of sp³-hybridized carbons (Fsp3) is 0.238. The number of ether oxygens (including phenoxy) is 1. The third kappa shape index (κ3) is 3.38. The maximum atomic E-state index is 5.60. The first-order valence-corrected chi connectivity index (χ1v) is 9.09. The molecule has 0 radical (unpaired) electrons. The number of methoxy groups -OCH3 is 1. The molecule has 0 spiro atoms. The van der Waals surface area contributed by atoms with Gasteiger partial charge in [0.1, 0.15) is 17.9 Å². The number of aryl methyl sites for hydroxylation is 2. The van der Waals surface area contributed by atoms with Crippen LogP contribution in [-0.4, -0.2) is 32.3 Å². The van der Waals surface area contributed by atoms with E-state index in [1.54, 1.807) is 13.4 Å². The van der Waals surface area contributed by atoms with Gasteiger partial charge in [-0.05, 0) is 44.5 Å². The van der Waals surface area contributed by atoms with Crippen molar-refractivity contribution in [3.63, 3.8) is 0 Å². The number of anilines is 1. The molecular weight excluding hydrogens is 352 g/mol. The molecule has 1 atom stereocenters. The van der Waals surface area contributed by atoms with Crippen LogP contribution in [0.3, 0.4) is 0 Å². The Balaban J connectivity index is 1.79. The highest BCUT2D eigenvalue weighted by atomic mass is 16.5. The fourth-order valence-electron chi connectivity index (χ4n) is 3.14. The number of aromatic amines is 1. The van der Waals surface area contributed by atoms with Gasteiger partial charge in [-0.1, -0.05) is 6.07 Å². The third-order valence-electron chi connectivity index (χ3n) is 4.67. The Bertz CT molecular complexity index is 1120. The van der Waals surface area contributed by atoms with Crippen LogP contribution in [0.4, 0.5) is 5.82 Å². The fourth-order valence-corrected chi connectivity index (χ4v) is 3.14. The normalized spacial score (nSPS) is 12.1. The zero-order valence-corrected chi connectivity index (χ0v) is 16.3. The van der Waals surface area contributed by atoms with Gasteiger partial charge in [-0.3, -0.25) is 10.1 Å². The number of nitrogens with zero attached hydrogens (tertiary/aromatic N) is 4. The first kappa shape index (κ1) is 17.9. The third-order valence-corrected chi connectivity index (χ3v) is 4.67. The van der Waals surface area contributed by atoms with Gasteiger partial charge in [-0.25, -0.2) is 9.97 Å². The van der Waals surface area contributed by atoms with E-state index in [4.69, 9.17) is 4.74 Å². The van der Waals surface area contributed by atoms with Crippen LogP contribution in [0.1, 0.15) is 29.9 Å². The van der Waals surface area contributed by atoms with E-state index in [-0.39, 0.29) is 6.04 Å². The molecule has 3 heterocycles. The van der Waals surface area contributed by atoms with E-state index < -0.39 is 0 Å². The Morgan fingerprint density at radius 3 is 2.61 bits per heavy atom. The molecule has 0 saturated carbocycles. The molecule has 7 heteroatoms. The van der Waals surface area contributed by atoms with Crippen LogP contribution in [-0.2, 0) is 0 Å². The average molecular weight is 374 g/mol. The van der Waals surface area contributed by atoms with Crippen LogP contribution >= 0.6 is 0 Å². The number of fused-ring (bicyclic) bond motifs is 1. The SMILES string of the molecule is COc1cc2ncnc(NC(C)c3cc(C)[nH]n3)c2cc1-c1ccc(C)cn1. The molecule has 0 aliphatic carbocycles. The Hall–Kier alpha value is -3.48. The van der Waals surface area contributed by atoms with Crippen molar-refractivity contribution in [2.24, 2.45) is 0 Å². The zero-order chi connectivity index (χ0) is 19.7. The summed E-state index contributed by atoms with van der Waals surface area (Å²) in [5.41, 5.74) is 5.60. The molecule has 4 rings (SSSR count). The number of hydrogen-bond acceptors (Lipinski definition) is 6. The average Bonchev–Trinajstić information content (AvgIpc) is 3.14. The smallest absolute Gasteiger partial charge is 0.137 e. The molecule has 1 aromatic carbocycles. The van der Waals surface area contributed by atoms with Crippen molar-refractivity contribution in [3.05, 3.63) is 59.8 Å². The van der Waals surface area contributed by atoms with Crippen molar-refractivity contribution in [1.82, 2.24) is 25.1 Å². The molecule has 0 fully saturated rings. The highest BCUT2D eigenvalue weighted by Crippen LogP contribution is 2.35. The van der Waals surface area contributed by atoms with Crippen LogP contribution in [0.5, 0.6) is 5.75 Å². The summed E-state index contributed by atoms with van der Waals surface area (Å²) in [6.45, 7) is 6.05. The molecule has 28 heavy (non-hydrogen) atoms. The monoisotopic (exact) mass is 374 g/mol. The number of rotatable bonds is 5. The Morgan fingerprint density at radius 1 is 1.07 bits per heavy atom. The Kier molecular flexibility index (Phi) is 4.65. The van der Waals surface area contributed by atoms with Gasteiger partial charge < -0.3 is 10.1 Å². The summed E-state index contributed by atoms with van der Waals surface area (Å²) in [5, 5.41) is 11.7. The minimum atomic E-state index is -0.00824. The van der Waals surface area contributed by atoms with Gasteiger partial charge in [0.15, 0.2) is 0 Å². The summed E-state index contributed by atoms with van der Waals surface area (Å²) in [7, 11) is 1.65. The largest absolute Gasteiger partial charge is 0.496 e. The number of benzene rings is 1. The van der Waals surface area contributed by atoms with Gasteiger partial charge in [-0.2, -0.15) is 5.10 Å². The van der Waals surface area contributed by atoms with Crippen molar-refractivity contribution in [3.8, 4) is 17.0 Å². The van der Waals surface area contributed by atoms with Crippen molar-refractivity contribution >= 4 is 16.7 Å². The summed E-state index contributed by atoms with van der Waals surface area (Å²) in [6, 6.07) is 9.98. The summed E-state index contributed by atoms with van der Waals surface area (Å²) >= 11 is 0. The predicted molar refractivity (Wildman–Crippen MR) is 109 cm³/mol. The van der Waals surface area contributed by atoms with E-state index in [0.717, 1.165) is 50.7 Å². The van der Waals surface area contributed by atoms with Crippen molar-refractivity contribution in [1.29, 1.82) is 0 Å². The molecule has 142 valence electrons. The van der Waals surface area contributed by atoms with Gasteiger partial charge >= 0.3 is 0 Å². The lowest BCUT2D eigenvalue weighted by Crippen LogP contribution is -2.09. The van der Waals surface area contributed by atoms with Gasteiger partial charge in [-0.15, -0.1) is 0 Å². The van der Waals surface area contributed by atoms with Gasteiger partial charge in [0.25, 0.3) is 0 Å². The van der Waals surface area contributed by atoms with Crippen LogP contribution in [0.25, 0.3) is 22.2 Å². The molecule has 0 amide bonds. The van der Waals surface area contributed by atoms with Gasteiger partial charge in [0.05, 0.1) is 30.1 Å². The predicted octanol–water partition coefficient (Wildman–Crippen LogP) is 4.21. The molecule has 7 nitrogen and oxygen atoms in total. The van der Waals surface area contributed by atoms with Crippen molar-refractivity contribution < 1.29 is 4.74 Å². The number of pyridine rings is 1. The highest BCUT2D eigenvalue weighted by molar-refractivity contribution is 5.94. The molecule has 0 bridgehead atoms. The summed E-state index contributed by atoms with van der Waals surface area (Å²) in [4.78, 5) is 13.4. The van der Waals surface area contributed by atoms with Gasteiger partial charge in [0.2, 0.25) is 0 Å². The maximum Gasteiger partial charge on any atom is 0.137 e. The lowest BCUT2D eigenvalue weighted by Gasteiger charge is -2.15. The number of aromatic nitrogens is 5. The highest BCUT2D eigenvalue weighted by Gasteiger charge is 2.15. The lowest BCUT2D eigenvalue weighted by molar-refractivity contribution is 0.417. The first-order valence-electron chi connectivity index (χ1n) is 9.09. The lowest BCUT2D eigenvalue weighted by atomic mass is 10.1. The second-order valence-electron chi connectivity index (χ2n) is 6.85. The standard InChI is InChI=1S/C21H22N6O/c1-12-5-6-17(22-10-12)15-8-16-19(9-20(15)28-4)23-11-24-21(16)25-14(3)18-7-13(2)26-27-18/h5-11,14H,1-4H3,(H,26,27)(H,23,24,25). The summed E-state index contributed by atoms with van der Waals surface area (Å²) in [6.07, 6.45) is 3.40. The van der Waals surface area contributed by atoms with Crippen LogP contribution < -0.4 is 10.1 Å². The van der Waals surface area contributed by atoms with E-state index >= 15 is 0 Å². The van der Waals surface area contributed by atoms with Crippen LogP contribution in [0.2, 0.25) is 0 Å². The van der Waals surface area contributed by atoms with E-state index in [1.807, 2.05) is 50.4 Å². The minimum Gasteiger partial charge on any atom is -0.496 e. The van der Waals surface area contributed by atoms with E-state index in [2.05, 4.69) is 37.4 Å². The molecule has 0 aliphatic heterocycles. The summed E-state index contributed by atoms with van der Waals surface area (Å²) in [5.74, 6) is 1.47. The first-order chi connectivity index (χ1) is 13.5. The van der Waals surface area contributed by atoms with Crippen LogP contribution in [0, 0.1) is 13.8 Å². The number of hydrogen-bond donors (Lipinski definition) is 2. The molecular formula is C21H22N6O. The molecule has 0 aliphatic rings. The van der Waals surface area contributed by atoms with Crippen LogP contribution in [0.15, 0.2) is 42.9 Å². The topological polar surface area (TPSA) is 88.6 Å². The van der Waals surface area contributed by atoms with Gasteiger partial charge in [0, 0.05) is 28.9 Å². The van der Waals surface area contributed by atoms with Crippen molar-refractivity contribution in [2.75, 3.05) is 12.4 Å². The molecule has 0 saturated heterocycles. The number of H-pyrrole nitrogens is 1. The molecule has 4 aromatic rings. The second kappa shape index (κ2) is 7.26.